The molecule has 0 spiro atoms. The summed E-state index contributed by atoms with van der Waals surface area (Å²) in [6.45, 7) is 9.53. The highest BCUT2D eigenvalue weighted by molar-refractivity contribution is 5.74. The molecule has 1 saturated heterocycles. The number of aryl methyl sites for hydroxylation is 1. The fraction of sp³-hybridized carbons (Fsp3) is 0.650. The number of urea groups is 1. The first-order chi connectivity index (χ1) is 11.3. The monoisotopic (exact) mass is 331 g/mol. The molecule has 0 aromatic heterocycles. The van der Waals surface area contributed by atoms with Crippen molar-refractivity contribution in [2.24, 2.45) is 0 Å². The van der Waals surface area contributed by atoms with Gasteiger partial charge in [0.1, 0.15) is 0 Å². The molecule has 1 aromatic carbocycles. The zero-order valence-corrected chi connectivity index (χ0v) is 15.6. The van der Waals surface area contributed by atoms with Crippen molar-refractivity contribution < 1.29 is 4.79 Å². The van der Waals surface area contributed by atoms with Gasteiger partial charge in [0.25, 0.3) is 0 Å². The molecule has 3 N–H and O–H groups in total. The average Bonchev–Trinajstić information content (AvgIpc) is 2.44. The minimum atomic E-state index is -0.0341. The van der Waals surface area contributed by atoms with Gasteiger partial charge in [-0.2, -0.15) is 0 Å². The molecule has 1 fully saturated rings. The van der Waals surface area contributed by atoms with Crippen molar-refractivity contribution in [3.05, 3.63) is 35.9 Å². The van der Waals surface area contributed by atoms with Crippen molar-refractivity contribution in [3.8, 4) is 0 Å². The standard InChI is InChI=1S/C20H33N3O/c1-19(2)14-17(15-20(3,4)23-19)22-18(24)21-13-9-8-12-16-10-6-5-7-11-16/h5-7,10-11,17,23H,8-9,12-15H2,1-4H3,(H2,21,22,24). The lowest BCUT2D eigenvalue weighted by Crippen LogP contribution is -2.62. The van der Waals surface area contributed by atoms with E-state index in [4.69, 9.17) is 0 Å². The van der Waals surface area contributed by atoms with Crippen LogP contribution < -0.4 is 16.0 Å². The minimum absolute atomic E-state index is 0.0341. The van der Waals surface area contributed by atoms with Crippen molar-refractivity contribution in [2.45, 2.75) is 76.9 Å². The van der Waals surface area contributed by atoms with Gasteiger partial charge in [-0.1, -0.05) is 30.3 Å². The number of carbonyl (C=O) groups is 1. The van der Waals surface area contributed by atoms with Crippen LogP contribution in [0.2, 0.25) is 0 Å². The lowest BCUT2D eigenvalue weighted by molar-refractivity contribution is 0.147. The number of hydrogen-bond acceptors (Lipinski definition) is 2. The van der Waals surface area contributed by atoms with Crippen LogP contribution in [0.3, 0.4) is 0 Å². The molecule has 0 radical (unpaired) electrons. The van der Waals surface area contributed by atoms with Crippen molar-refractivity contribution in [1.29, 1.82) is 0 Å². The Labute approximate surface area is 146 Å². The molecule has 1 aliphatic rings. The van der Waals surface area contributed by atoms with Crippen LogP contribution in [-0.4, -0.2) is 29.7 Å². The van der Waals surface area contributed by atoms with Crippen LogP contribution in [0.1, 0.15) is 58.9 Å². The maximum absolute atomic E-state index is 12.1. The first-order valence-electron chi connectivity index (χ1n) is 9.13. The average molecular weight is 332 g/mol. The van der Waals surface area contributed by atoms with Crippen molar-refractivity contribution >= 4 is 6.03 Å². The van der Waals surface area contributed by atoms with Crippen LogP contribution >= 0.6 is 0 Å². The summed E-state index contributed by atoms with van der Waals surface area (Å²) in [6.07, 6.45) is 5.08. The summed E-state index contributed by atoms with van der Waals surface area (Å²) < 4.78 is 0. The molecule has 1 heterocycles. The van der Waals surface area contributed by atoms with Gasteiger partial charge in [-0.15, -0.1) is 0 Å². The summed E-state index contributed by atoms with van der Waals surface area (Å²) in [5.74, 6) is 0. The van der Waals surface area contributed by atoms with Gasteiger partial charge in [0.2, 0.25) is 0 Å². The Balaban J connectivity index is 1.64. The van der Waals surface area contributed by atoms with E-state index in [2.05, 4.69) is 67.9 Å². The van der Waals surface area contributed by atoms with E-state index in [1.165, 1.54) is 5.56 Å². The number of amides is 2. The van der Waals surface area contributed by atoms with E-state index in [0.29, 0.717) is 0 Å². The van der Waals surface area contributed by atoms with Crippen LogP contribution in [0.4, 0.5) is 4.79 Å². The first kappa shape index (κ1) is 18.8. The smallest absolute Gasteiger partial charge is 0.315 e. The molecule has 134 valence electrons. The Kier molecular flexibility index (Phi) is 6.27. The molecule has 2 rings (SSSR count). The second-order valence-electron chi connectivity index (χ2n) is 8.34. The predicted octanol–water partition coefficient (Wildman–Crippen LogP) is 3.62. The third-order valence-corrected chi connectivity index (χ3v) is 4.55. The first-order valence-corrected chi connectivity index (χ1v) is 9.13. The number of unbranched alkanes of at least 4 members (excludes halogenated alkanes) is 1. The zero-order chi connectivity index (χ0) is 17.6. The highest BCUT2D eigenvalue weighted by atomic mass is 16.2. The van der Waals surface area contributed by atoms with E-state index in [1.54, 1.807) is 0 Å². The molecule has 0 saturated carbocycles. The van der Waals surface area contributed by atoms with E-state index in [1.807, 2.05) is 6.07 Å². The van der Waals surface area contributed by atoms with E-state index in [0.717, 1.165) is 38.6 Å². The lowest BCUT2D eigenvalue weighted by atomic mass is 9.80. The molecule has 0 atom stereocenters. The van der Waals surface area contributed by atoms with Crippen molar-refractivity contribution in [1.82, 2.24) is 16.0 Å². The summed E-state index contributed by atoms with van der Waals surface area (Å²) >= 11 is 0. The van der Waals surface area contributed by atoms with Gasteiger partial charge < -0.3 is 16.0 Å². The largest absolute Gasteiger partial charge is 0.338 e. The molecular weight excluding hydrogens is 298 g/mol. The Morgan fingerprint density at radius 3 is 2.33 bits per heavy atom. The quantitative estimate of drug-likeness (QED) is 0.697. The van der Waals surface area contributed by atoms with Crippen molar-refractivity contribution in [2.75, 3.05) is 6.54 Å². The Hall–Kier alpha value is -1.55. The normalized spacial score (nSPS) is 19.7. The van der Waals surface area contributed by atoms with E-state index >= 15 is 0 Å². The molecule has 4 nitrogen and oxygen atoms in total. The number of carbonyl (C=O) groups excluding carboxylic acids is 1. The highest BCUT2D eigenvalue weighted by Crippen LogP contribution is 2.28. The highest BCUT2D eigenvalue weighted by Gasteiger charge is 2.38. The topological polar surface area (TPSA) is 53.2 Å². The second-order valence-corrected chi connectivity index (χ2v) is 8.34. The molecule has 1 aliphatic heterocycles. The molecule has 0 aliphatic carbocycles. The number of piperidine rings is 1. The SMILES string of the molecule is CC1(C)CC(NC(=O)NCCCCc2ccccc2)CC(C)(C)N1. The third-order valence-electron chi connectivity index (χ3n) is 4.55. The third kappa shape index (κ3) is 6.52. The summed E-state index contributed by atoms with van der Waals surface area (Å²) in [4.78, 5) is 12.1. The Morgan fingerprint density at radius 1 is 1.08 bits per heavy atom. The van der Waals surface area contributed by atoms with Crippen LogP contribution in [0.15, 0.2) is 30.3 Å². The number of nitrogens with one attached hydrogen (secondary N) is 3. The Morgan fingerprint density at radius 2 is 1.71 bits per heavy atom. The van der Waals surface area contributed by atoms with Crippen LogP contribution in [-0.2, 0) is 6.42 Å². The van der Waals surface area contributed by atoms with Gasteiger partial charge in [-0.3, -0.25) is 0 Å². The number of benzene rings is 1. The molecular formula is C20H33N3O. The molecule has 2 amide bonds. The summed E-state index contributed by atoms with van der Waals surface area (Å²) in [6, 6.07) is 10.7. The minimum Gasteiger partial charge on any atom is -0.338 e. The number of rotatable bonds is 6. The Bertz CT molecular complexity index is 509. The lowest BCUT2D eigenvalue weighted by Gasteiger charge is -2.46. The van der Waals surface area contributed by atoms with Gasteiger partial charge in [-0.05, 0) is 65.4 Å². The predicted molar refractivity (Wildman–Crippen MR) is 100 cm³/mol. The van der Waals surface area contributed by atoms with E-state index in [-0.39, 0.29) is 23.2 Å². The van der Waals surface area contributed by atoms with E-state index < -0.39 is 0 Å². The summed E-state index contributed by atoms with van der Waals surface area (Å²) in [5.41, 5.74) is 1.46. The maximum Gasteiger partial charge on any atom is 0.315 e. The zero-order valence-electron chi connectivity index (χ0n) is 15.6. The fourth-order valence-electron chi connectivity index (χ4n) is 3.96. The molecule has 4 heteroatoms. The van der Waals surface area contributed by atoms with Crippen LogP contribution in [0.5, 0.6) is 0 Å². The second kappa shape index (κ2) is 8.02. The molecule has 1 aromatic rings. The van der Waals surface area contributed by atoms with Crippen molar-refractivity contribution in [3.63, 3.8) is 0 Å². The van der Waals surface area contributed by atoms with E-state index in [9.17, 15) is 4.79 Å². The van der Waals surface area contributed by atoms with Gasteiger partial charge in [0.05, 0.1) is 0 Å². The maximum atomic E-state index is 12.1. The van der Waals surface area contributed by atoms with Gasteiger partial charge in [0.15, 0.2) is 0 Å². The molecule has 24 heavy (non-hydrogen) atoms. The summed E-state index contributed by atoms with van der Waals surface area (Å²) in [7, 11) is 0. The van der Waals surface area contributed by atoms with Gasteiger partial charge in [-0.25, -0.2) is 4.79 Å². The molecule has 0 bridgehead atoms. The molecule has 0 unspecified atom stereocenters. The van der Waals surface area contributed by atoms with Crippen LogP contribution in [0.25, 0.3) is 0 Å². The number of hydrogen-bond donors (Lipinski definition) is 3. The van der Waals surface area contributed by atoms with Crippen LogP contribution in [0, 0.1) is 0 Å². The van der Waals surface area contributed by atoms with Gasteiger partial charge in [0, 0.05) is 23.7 Å². The van der Waals surface area contributed by atoms with Gasteiger partial charge >= 0.3 is 6.03 Å². The fourth-order valence-corrected chi connectivity index (χ4v) is 3.96. The summed E-state index contributed by atoms with van der Waals surface area (Å²) in [5, 5.41) is 9.79.